The monoisotopic (exact) mass is 515 g/mol. The number of nitrogens with zero attached hydrogens (tertiary/aromatic N) is 1. The van der Waals surface area contributed by atoms with Crippen molar-refractivity contribution in [2.24, 2.45) is 28.9 Å². The molecule has 4 bridgehead atoms. The number of carbonyl (C=O) groups is 2. The van der Waals surface area contributed by atoms with Gasteiger partial charge in [0.25, 0.3) is 0 Å². The van der Waals surface area contributed by atoms with Crippen molar-refractivity contribution in [3.05, 3.63) is 29.8 Å². The van der Waals surface area contributed by atoms with Gasteiger partial charge in [-0.1, -0.05) is 19.1 Å². The number of likely N-dealkylation sites (N-methyl/N-ethyl adjacent to an activating group) is 1. The standard InChI is InChI=1S/C24H32F3N3O4S/c1-4-30(35(33,34)18-8-6-5-7-17(18)24(25,26)27)22(2,3)21(32)29-19-15-9-14-10-16(19)13-23(11-14,12-15)20(28)31/h5-8,14-16,19H,4,9-13H2,1-3H3,(H2,28,31)(H,29,32). The first-order chi connectivity index (χ1) is 16.1. The number of hydrogen-bond donors (Lipinski definition) is 2. The highest BCUT2D eigenvalue weighted by atomic mass is 32.2. The van der Waals surface area contributed by atoms with Crippen molar-refractivity contribution in [2.45, 2.75) is 75.5 Å². The third kappa shape index (κ3) is 4.24. The van der Waals surface area contributed by atoms with Crippen LogP contribution in [0.4, 0.5) is 13.2 Å². The van der Waals surface area contributed by atoms with Crippen LogP contribution in [-0.4, -0.2) is 42.7 Å². The van der Waals surface area contributed by atoms with E-state index in [0.717, 1.165) is 41.8 Å². The van der Waals surface area contributed by atoms with E-state index in [0.29, 0.717) is 18.8 Å². The van der Waals surface area contributed by atoms with Crippen LogP contribution in [0.5, 0.6) is 0 Å². The summed E-state index contributed by atoms with van der Waals surface area (Å²) in [6.45, 7) is 4.10. The molecule has 35 heavy (non-hydrogen) atoms. The first-order valence-corrected chi connectivity index (χ1v) is 13.4. The second-order valence-electron chi connectivity index (χ2n) is 10.8. The van der Waals surface area contributed by atoms with Gasteiger partial charge in [0.2, 0.25) is 21.8 Å². The first-order valence-electron chi connectivity index (χ1n) is 11.9. The molecule has 1 aromatic rings. The van der Waals surface area contributed by atoms with Gasteiger partial charge in [-0.3, -0.25) is 9.59 Å². The zero-order valence-corrected chi connectivity index (χ0v) is 20.9. The van der Waals surface area contributed by atoms with E-state index in [1.807, 2.05) is 0 Å². The molecule has 0 spiro atoms. The van der Waals surface area contributed by atoms with E-state index >= 15 is 0 Å². The van der Waals surface area contributed by atoms with E-state index in [4.69, 9.17) is 5.73 Å². The van der Waals surface area contributed by atoms with Gasteiger partial charge in [0.1, 0.15) is 5.54 Å². The number of nitrogens with two attached hydrogens (primary N) is 1. The summed E-state index contributed by atoms with van der Waals surface area (Å²) in [5.74, 6) is -0.364. The minimum Gasteiger partial charge on any atom is -0.369 e. The number of nitrogens with one attached hydrogen (secondary N) is 1. The fourth-order valence-electron chi connectivity index (χ4n) is 6.91. The van der Waals surface area contributed by atoms with Crippen molar-refractivity contribution in [3.8, 4) is 0 Å². The number of primary amides is 1. The molecule has 4 aliphatic rings. The molecule has 0 saturated heterocycles. The maximum atomic E-state index is 13.6. The lowest BCUT2D eigenvalue weighted by atomic mass is 9.47. The molecule has 0 radical (unpaired) electrons. The van der Waals surface area contributed by atoms with E-state index in [-0.39, 0.29) is 30.3 Å². The summed E-state index contributed by atoms with van der Waals surface area (Å²) in [6.07, 6.45) is -1.17. The summed E-state index contributed by atoms with van der Waals surface area (Å²) in [5, 5.41) is 3.02. The number of benzene rings is 1. The Kier molecular flexibility index (Phi) is 6.28. The molecule has 2 atom stereocenters. The van der Waals surface area contributed by atoms with Gasteiger partial charge in [-0.25, -0.2) is 8.42 Å². The number of halogens is 3. The largest absolute Gasteiger partial charge is 0.417 e. The minimum atomic E-state index is -4.87. The van der Waals surface area contributed by atoms with Gasteiger partial charge in [-0.2, -0.15) is 17.5 Å². The molecule has 0 aliphatic heterocycles. The summed E-state index contributed by atoms with van der Waals surface area (Å²) in [5.41, 5.74) is 2.28. The van der Waals surface area contributed by atoms with Crippen LogP contribution < -0.4 is 11.1 Å². The number of amides is 2. The molecule has 4 aliphatic carbocycles. The predicted molar refractivity (Wildman–Crippen MR) is 122 cm³/mol. The fourth-order valence-corrected chi connectivity index (χ4v) is 8.89. The molecule has 4 fully saturated rings. The fraction of sp³-hybridized carbons (Fsp3) is 0.667. The van der Waals surface area contributed by atoms with Crippen molar-refractivity contribution < 1.29 is 31.2 Å². The van der Waals surface area contributed by atoms with Crippen LogP contribution in [0.2, 0.25) is 0 Å². The molecule has 2 amide bonds. The lowest BCUT2D eigenvalue weighted by Gasteiger charge is -2.59. The molecule has 194 valence electrons. The normalized spacial score (nSPS) is 30.5. The van der Waals surface area contributed by atoms with E-state index in [1.54, 1.807) is 0 Å². The third-order valence-electron chi connectivity index (χ3n) is 8.32. The van der Waals surface area contributed by atoms with Crippen LogP contribution in [0.15, 0.2) is 29.2 Å². The van der Waals surface area contributed by atoms with Gasteiger partial charge in [0.05, 0.1) is 10.5 Å². The van der Waals surface area contributed by atoms with Crippen molar-refractivity contribution in [2.75, 3.05) is 6.54 Å². The van der Waals surface area contributed by atoms with Crippen molar-refractivity contribution in [3.63, 3.8) is 0 Å². The lowest BCUT2D eigenvalue weighted by molar-refractivity contribution is -0.148. The van der Waals surface area contributed by atoms with Crippen LogP contribution in [0.1, 0.15) is 58.4 Å². The van der Waals surface area contributed by atoms with Crippen molar-refractivity contribution in [1.82, 2.24) is 9.62 Å². The lowest BCUT2D eigenvalue weighted by Crippen LogP contribution is -2.65. The SMILES string of the molecule is CCN(C(C)(C)C(=O)NC1C2CC3CC1CC(C(N)=O)(C3)C2)S(=O)(=O)c1ccccc1C(F)(F)F. The minimum absolute atomic E-state index is 0.0612. The van der Waals surface area contributed by atoms with Gasteiger partial charge in [0, 0.05) is 18.0 Å². The maximum Gasteiger partial charge on any atom is 0.417 e. The molecule has 1 aromatic carbocycles. The number of carbonyl (C=O) groups excluding carboxylic acids is 2. The van der Waals surface area contributed by atoms with Gasteiger partial charge in [0.15, 0.2) is 0 Å². The maximum absolute atomic E-state index is 13.6. The zero-order valence-electron chi connectivity index (χ0n) is 20.1. The number of rotatable bonds is 7. The van der Waals surface area contributed by atoms with E-state index < -0.39 is 43.5 Å². The third-order valence-corrected chi connectivity index (χ3v) is 10.5. The quantitative estimate of drug-likeness (QED) is 0.581. The summed E-state index contributed by atoms with van der Waals surface area (Å²) in [4.78, 5) is 24.8. The molecule has 4 saturated carbocycles. The Morgan fingerprint density at radius 1 is 1.11 bits per heavy atom. The van der Waals surface area contributed by atoms with Crippen LogP contribution in [-0.2, 0) is 25.8 Å². The smallest absolute Gasteiger partial charge is 0.369 e. The van der Waals surface area contributed by atoms with Crippen molar-refractivity contribution in [1.29, 1.82) is 0 Å². The zero-order chi connectivity index (χ0) is 26.0. The average Bonchev–Trinajstić information content (AvgIpc) is 2.75. The highest BCUT2D eigenvalue weighted by Gasteiger charge is 2.58. The molecule has 0 aromatic heterocycles. The van der Waals surface area contributed by atoms with E-state index in [9.17, 15) is 31.2 Å². The second kappa shape index (κ2) is 8.47. The Bertz CT molecular complexity index is 1120. The molecule has 0 heterocycles. The highest BCUT2D eigenvalue weighted by molar-refractivity contribution is 7.89. The van der Waals surface area contributed by atoms with Crippen LogP contribution >= 0.6 is 0 Å². The highest BCUT2D eigenvalue weighted by Crippen LogP contribution is 2.60. The Balaban J connectivity index is 1.60. The van der Waals surface area contributed by atoms with Crippen LogP contribution in [0.25, 0.3) is 0 Å². The molecule has 3 N–H and O–H groups in total. The Morgan fingerprint density at radius 2 is 1.69 bits per heavy atom. The summed E-state index contributed by atoms with van der Waals surface area (Å²) >= 11 is 0. The van der Waals surface area contributed by atoms with Crippen LogP contribution in [0, 0.1) is 23.2 Å². The molecule has 2 unspecified atom stereocenters. The average molecular weight is 516 g/mol. The topological polar surface area (TPSA) is 110 Å². The summed E-state index contributed by atoms with van der Waals surface area (Å²) in [6, 6.07) is 3.76. The number of alkyl halides is 3. The van der Waals surface area contributed by atoms with E-state index in [1.165, 1.54) is 26.8 Å². The predicted octanol–water partition coefficient (Wildman–Crippen LogP) is 3.29. The molecular weight excluding hydrogens is 483 g/mol. The van der Waals surface area contributed by atoms with Gasteiger partial charge in [-0.05, 0) is 75.8 Å². The number of hydrogen-bond acceptors (Lipinski definition) is 4. The number of sulfonamides is 1. The Hall–Kier alpha value is -2.14. The second-order valence-corrected chi connectivity index (χ2v) is 12.7. The summed E-state index contributed by atoms with van der Waals surface area (Å²) < 4.78 is 68.4. The van der Waals surface area contributed by atoms with Gasteiger partial charge >= 0.3 is 6.18 Å². The molecule has 5 rings (SSSR count). The van der Waals surface area contributed by atoms with Crippen LogP contribution in [0.3, 0.4) is 0 Å². The Labute approximate surface area is 203 Å². The first kappa shape index (κ1) is 25.9. The van der Waals surface area contributed by atoms with Gasteiger partial charge in [-0.15, -0.1) is 0 Å². The van der Waals surface area contributed by atoms with Crippen molar-refractivity contribution >= 4 is 21.8 Å². The molecular formula is C24H32F3N3O4S. The molecule has 7 nitrogen and oxygen atoms in total. The summed E-state index contributed by atoms with van der Waals surface area (Å²) in [7, 11) is -4.66. The Morgan fingerprint density at radius 3 is 2.20 bits per heavy atom. The molecule has 11 heteroatoms. The van der Waals surface area contributed by atoms with E-state index in [2.05, 4.69) is 5.32 Å². The van der Waals surface area contributed by atoms with Gasteiger partial charge < -0.3 is 11.1 Å².